The number of imidazole rings is 1. The lowest BCUT2D eigenvalue weighted by Gasteiger charge is -2.06. The number of hydrogen-bond donors (Lipinski definition) is 4. The number of nitrogens with zero attached hydrogens (tertiary/aromatic N) is 7. The number of carbonyl (C=O) groups excluding carboxylic acids is 1. The summed E-state index contributed by atoms with van der Waals surface area (Å²) >= 11 is 0. The van der Waals surface area contributed by atoms with Crippen molar-refractivity contribution >= 4 is 29.1 Å². The second-order valence-electron chi connectivity index (χ2n) is 6.43. The van der Waals surface area contributed by atoms with E-state index in [4.69, 9.17) is 5.73 Å². The number of fused-ring (bicyclic) bond motifs is 1. The predicted molar refractivity (Wildman–Crippen MR) is 111 cm³/mol. The minimum Gasteiger partial charge on any atom is -0.384 e. The Morgan fingerprint density at radius 1 is 1.20 bits per heavy atom. The molecule has 4 aromatic rings. The molecular weight excluding hydrogens is 386 g/mol. The Morgan fingerprint density at radius 2 is 2.07 bits per heavy atom. The van der Waals surface area contributed by atoms with Gasteiger partial charge in [0.2, 0.25) is 0 Å². The molecule has 12 nitrogen and oxygen atoms in total. The van der Waals surface area contributed by atoms with Crippen LogP contribution >= 0.6 is 0 Å². The minimum atomic E-state index is -0.325. The van der Waals surface area contributed by atoms with Crippen molar-refractivity contribution in [2.24, 2.45) is 0 Å². The van der Waals surface area contributed by atoms with E-state index in [1.807, 2.05) is 13.1 Å². The van der Waals surface area contributed by atoms with E-state index >= 15 is 0 Å². The second-order valence-corrected chi connectivity index (χ2v) is 6.43. The molecule has 0 spiro atoms. The molecule has 0 saturated carbocycles. The molecule has 0 aromatic carbocycles. The van der Waals surface area contributed by atoms with E-state index in [1.165, 1.54) is 4.68 Å². The number of likely N-dealkylation sites (N-methyl/N-ethyl adjacent to an activating group) is 1. The van der Waals surface area contributed by atoms with Gasteiger partial charge in [0.25, 0.3) is 0 Å². The van der Waals surface area contributed by atoms with Gasteiger partial charge in [-0.2, -0.15) is 9.78 Å². The average molecular weight is 407 g/mol. The minimum absolute atomic E-state index is 0.325. The SMILES string of the molecule is CNCCNC(=O)n1ccc(Nc2nc3cccnn3c2-c2cc(N)nc(C)n2)n1. The van der Waals surface area contributed by atoms with Gasteiger partial charge in [0.15, 0.2) is 17.3 Å². The maximum Gasteiger partial charge on any atom is 0.342 e. The van der Waals surface area contributed by atoms with Gasteiger partial charge in [0, 0.05) is 37.6 Å². The van der Waals surface area contributed by atoms with Crippen LogP contribution in [-0.4, -0.2) is 60.5 Å². The summed E-state index contributed by atoms with van der Waals surface area (Å²) in [5.41, 5.74) is 7.71. The molecule has 12 heteroatoms. The van der Waals surface area contributed by atoms with E-state index in [0.717, 1.165) is 0 Å². The van der Waals surface area contributed by atoms with Crippen molar-refractivity contribution in [1.29, 1.82) is 0 Å². The van der Waals surface area contributed by atoms with E-state index in [9.17, 15) is 4.79 Å². The molecule has 0 bridgehead atoms. The molecule has 0 aliphatic rings. The number of amides is 1. The predicted octanol–water partition coefficient (Wildman–Crippen LogP) is 0.794. The number of nitrogen functional groups attached to an aromatic ring is 1. The van der Waals surface area contributed by atoms with Crippen molar-refractivity contribution in [3.05, 3.63) is 42.5 Å². The quantitative estimate of drug-likeness (QED) is 0.340. The molecular formula is C18H21N11O. The largest absolute Gasteiger partial charge is 0.384 e. The normalized spacial score (nSPS) is 11.0. The zero-order chi connectivity index (χ0) is 21.1. The fourth-order valence-corrected chi connectivity index (χ4v) is 2.92. The van der Waals surface area contributed by atoms with Gasteiger partial charge in [-0.15, -0.1) is 5.10 Å². The summed E-state index contributed by atoms with van der Waals surface area (Å²) in [5.74, 6) is 1.80. The van der Waals surface area contributed by atoms with Crippen LogP contribution in [0.5, 0.6) is 0 Å². The topological polar surface area (TPSA) is 153 Å². The second kappa shape index (κ2) is 8.13. The maximum atomic E-state index is 12.2. The van der Waals surface area contributed by atoms with E-state index in [-0.39, 0.29) is 6.03 Å². The highest BCUT2D eigenvalue weighted by atomic mass is 16.2. The highest BCUT2D eigenvalue weighted by molar-refractivity contribution is 5.79. The summed E-state index contributed by atoms with van der Waals surface area (Å²) in [7, 11) is 1.82. The third-order valence-corrected chi connectivity index (χ3v) is 4.19. The Labute approximate surface area is 171 Å². The smallest absolute Gasteiger partial charge is 0.342 e. The van der Waals surface area contributed by atoms with Crippen molar-refractivity contribution in [3.63, 3.8) is 0 Å². The Kier molecular flexibility index (Phi) is 5.22. The number of rotatable bonds is 6. The summed E-state index contributed by atoms with van der Waals surface area (Å²) in [4.78, 5) is 25.4. The van der Waals surface area contributed by atoms with Crippen LogP contribution in [0.1, 0.15) is 5.82 Å². The van der Waals surface area contributed by atoms with Crippen LogP contribution in [-0.2, 0) is 0 Å². The first-order chi connectivity index (χ1) is 14.5. The Hall–Kier alpha value is -4.06. The molecule has 0 unspecified atom stereocenters. The molecule has 154 valence electrons. The molecule has 0 aliphatic heterocycles. The summed E-state index contributed by atoms with van der Waals surface area (Å²) in [5, 5.41) is 17.5. The van der Waals surface area contributed by atoms with E-state index < -0.39 is 0 Å². The first-order valence-electron chi connectivity index (χ1n) is 9.26. The third kappa shape index (κ3) is 3.89. The summed E-state index contributed by atoms with van der Waals surface area (Å²) in [6.45, 7) is 2.92. The van der Waals surface area contributed by atoms with Crippen LogP contribution in [0.4, 0.5) is 22.2 Å². The van der Waals surface area contributed by atoms with Gasteiger partial charge in [0.1, 0.15) is 17.3 Å². The first kappa shape index (κ1) is 19.3. The number of carbonyl (C=O) groups is 1. The van der Waals surface area contributed by atoms with E-state index in [0.29, 0.717) is 53.4 Å². The van der Waals surface area contributed by atoms with Crippen LogP contribution in [0, 0.1) is 6.92 Å². The van der Waals surface area contributed by atoms with Gasteiger partial charge in [0.05, 0.1) is 5.69 Å². The molecule has 0 aliphatic carbocycles. The van der Waals surface area contributed by atoms with Crippen molar-refractivity contribution in [2.75, 3.05) is 31.2 Å². The van der Waals surface area contributed by atoms with Crippen LogP contribution in [0.25, 0.3) is 17.0 Å². The average Bonchev–Trinajstić information content (AvgIpc) is 3.32. The van der Waals surface area contributed by atoms with E-state index in [2.05, 4.69) is 41.1 Å². The lowest BCUT2D eigenvalue weighted by molar-refractivity contribution is 0.239. The number of aromatic nitrogens is 7. The van der Waals surface area contributed by atoms with Crippen molar-refractivity contribution in [2.45, 2.75) is 6.92 Å². The number of nitrogens with one attached hydrogen (secondary N) is 3. The fraction of sp³-hybridized carbons (Fsp3) is 0.222. The lowest BCUT2D eigenvalue weighted by atomic mass is 10.3. The number of nitrogens with two attached hydrogens (primary N) is 1. The molecule has 4 rings (SSSR count). The van der Waals surface area contributed by atoms with Gasteiger partial charge in [-0.1, -0.05) is 0 Å². The monoisotopic (exact) mass is 407 g/mol. The van der Waals surface area contributed by atoms with Crippen molar-refractivity contribution in [3.8, 4) is 11.4 Å². The highest BCUT2D eigenvalue weighted by Gasteiger charge is 2.19. The first-order valence-corrected chi connectivity index (χ1v) is 9.26. The molecule has 4 aromatic heterocycles. The molecule has 0 radical (unpaired) electrons. The van der Waals surface area contributed by atoms with Crippen LogP contribution < -0.4 is 21.7 Å². The number of hydrogen-bond acceptors (Lipinski definition) is 9. The van der Waals surface area contributed by atoms with Crippen molar-refractivity contribution < 1.29 is 4.79 Å². The van der Waals surface area contributed by atoms with Gasteiger partial charge >= 0.3 is 6.03 Å². The Morgan fingerprint density at radius 3 is 2.87 bits per heavy atom. The standard InChI is InChI=1S/C18H21N11O/c1-11-23-12(10-13(19)24-11)16-17(26-15-4-3-6-22-29(15)16)25-14-5-9-28(27-14)18(30)21-8-7-20-2/h3-6,9-10,20H,7-8H2,1-2H3,(H,21,30)(H,25,27)(H2,19,23,24). The molecule has 0 fully saturated rings. The van der Waals surface area contributed by atoms with Gasteiger partial charge in [-0.05, 0) is 26.1 Å². The summed E-state index contributed by atoms with van der Waals surface area (Å²) in [6.07, 6.45) is 3.22. The third-order valence-electron chi connectivity index (χ3n) is 4.19. The molecule has 0 saturated heterocycles. The molecule has 5 N–H and O–H groups in total. The van der Waals surface area contributed by atoms with Gasteiger partial charge in [-0.3, -0.25) is 0 Å². The fourth-order valence-electron chi connectivity index (χ4n) is 2.92. The number of anilines is 3. The molecule has 1 amide bonds. The molecule has 4 heterocycles. The lowest BCUT2D eigenvalue weighted by Crippen LogP contribution is -2.33. The maximum absolute atomic E-state index is 12.2. The van der Waals surface area contributed by atoms with Crippen LogP contribution in [0.3, 0.4) is 0 Å². The number of aryl methyl sites for hydroxylation is 1. The zero-order valence-corrected chi connectivity index (χ0v) is 16.5. The van der Waals surface area contributed by atoms with Crippen LogP contribution in [0.2, 0.25) is 0 Å². The van der Waals surface area contributed by atoms with Crippen molar-refractivity contribution in [1.82, 2.24) is 45.0 Å². The van der Waals surface area contributed by atoms with Gasteiger partial charge < -0.3 is 21.7 Å². The van der Waals surface area contributed by atoms with Gasteiger partial charge in [-0.25, -0.2) is 24.3 Å². The van der Waals surface area contributed by atoms with Crippen LogP contribution in [0.15, 0.2) is 36.7 Å². The Bertz CT molecular complexity index is 1180. The Balaban J connectivity index is 1.68. The summed E-state index contributed by atoms with van der Waals surface area (Å²) < 4.78 is 2.88. The zero-order valence-electron chi connectivity index (χ0n) is 16.5. The highest BCUT2D eigenvalue weighted by Crippen LogP contribution is 2.29. The summed E-state index contributed by atoms with van der Waals surface area (Å²) in [6, 6.07) is 6.63. The molecule has 0 atom stereocenters. The molecule has 30 heavy (non-hydrogen) atoms. The van der Waals surface area contributed by atoms with E-state index in [1.54, 1.807) is 42.0 Å².